The van der Waals surface area contributed by atoms with Crippen LogP contribution in [0.15, 0.2) is 0 Å². The second-order valence-corrected chi connectivity index (χ2v) is 4.44. The van der Waals surface area contributed by atoms with Gasteiger partial charge in [-0.1, -0.05) is 0 Å². The molecule has 0 saturated heterocycles. The smallest absolute Gasteiger partial charge is 0.382 e. The summed E-state index contributed by atoms with van der Waals surface area (Å²) in [5, 5.41) is 0. The third kappa shape index (κ3) is 5.35. The molecule has 0 aliphatic rings. The van der Waals surface area contributed by atoms with E-state index >= 15 is 0 Å². The first-order valence-corrected chi connectivity index (χ1v) is 5.17. The van der Waals surface area contributed by atoms with Crippen molar-refractivity contribution in [1.82, 2.24) is 0 Å². The van der Waals surface area contributed by atoms with Gasteiger partial charge in [0, 0.05) is 7.11 Å². The van der Waals surface area contributed by atoms with Crippen LogP contribution in [0.1, 0.15) is 0 Å². The Balaban J connectivity index is 3.61. The fraction of sp³-hybridized carbons (Fsp3) is 1.00. The standard InChI is InChI=1S/C3H7ClIO5P/c1-7-2-3-8-11(6,9-4)10-5/h2-3H2,1H3. The third-order valence-corrected chi connectivity index (χ3v) is 3.50. The lowest BCUT2D eigenvalue weighted by atomic mass is 10.8. The van der Waals surface area contributed by atoms with Gasteiger partial charge in [-0.2, -0.15) is 4.08 Å². The number of hydrogen-bond donors (Lipinski definition) is 0. The Kier molecular flexibility index (Phi) is 7.24. The summed E-state index contributed by atoms with van der Waals surface area (Å²) in [5.41, 5.74) is 0. The van der Waals surface area contributed by atoms with E-state index in [0.717, 1.165) is 0 Å². The summed E-state index contributed by atoms with van der Waals surface area (Å²) in [7, 11) is -2.05. The van der Waals surface area contributed by atoms with Crippen LogP contribution in [-0.2, 0) is 20.8 Å². The molecule has 1 unspecified atom stereocenters. The van der Waals surface area contributed by atoms with Crippen molar-refractivity contribution in [2.75, 3.05) is 20.3 Å². The van der Waals surface area contributed by atoms with Crippen molar-refractivity contribution in [2.24, 2.45) is 0 Å². The Morgan fingerprint density at radius 1 is 1.55 bits per heavy atom. The van der Waals surface area contributed by atoms with Gasteiger partial charge in [0.15, 0.2) is 0 Å². The highest BCUT2D eigenvalue weighted by molar-refractivity contribution is 14.1. The predicted octanol–water partition coefficient (Wildman–Crippen LogP) is 2.29. The van der Waals surface area contributed by atoms with Gasteiger partial charge in [-0.3, -0.25) is 4.52 Å². The molecule has 0 bridgehead atoms. The van der Waals surface area contributed by atoms with Crippen molar-refractivity contribution in [3.63, 3.8) is 0 Å². The van der Waals surface area contributed by atoms with E-state index in [0.29, 0.717) is 6.61 Å². The lowest BCUT2D eigenvalue weighted by Crippen LogP contribution is -2.00. The molecule has 5 nitrogen and oxygen atoms in total. The normalized spacial score (nSPS) is 16.3. The summed E-state index contributed by atoms with van der Waals surface area (Å²) in [6.45, 7) is 0.397. The monoisotopic (exact) mass is 316 g/mol. The molecule has 0 aliphatic heterocycles. The lowest BCUT2D eigenvalue weighted by molar-refractivity contribution is 0.130. The van der Waals surface area contributed by atoms with Gasteiger partial charge in [-0.15, -0.1) is 0 Å². The lowest BCUT2D eigenvalue weighted by Gasteiger charge is -2.08. The van der Waals surface area contributed by atoms with Crippen LogP contribution in [0.3, 0.4) is 0 Å². The van der Waals surface area contributed by atoms with Gasteiger partial charge in [-0.25, -0.2) is 7.42 Å². The van der Waals surface area contributed by atoms with Gasteiger partial charge in [0.1, 0.15) is 23.0 Å². The van der Waals surface area contributed by atoms with Crippen LogP contribution in [0.5, 0.6) is 0 Å². The van der Waals surface area contributed by atoms with Crippen LogP contribution < -0.4 is 0 Å². The molecule has 11 heavy (non-hydrogen) atoms. The van der Waals surface area contributed by atoms with Gasteiger partial charge >= 0.3 is 7.82 Å². The maximum Gasteiger partial charge on any atom is 0.500 e. The van der Waals surface area contributed by atoms with Crippen LogP contribution in [-0.4, -0.2) is 20.3 Å². The van der Waals surface area contributed by atoms with Crippen molar-refractivity contribution in [3.8, 4) is 0 Å². The van der Waals surface area contributed by atoms with E-state index in [1.54, 1.807) is 0 Å². The largest absolute Gasteiger partial charge is 0.500 e. The molecule has 1 atom stereocenters. The summed E-state index contributed by atoms with van der Waals surface area (Å²) in [6.07, 6.45) is 0. The fourth-order valence-electron chi connectivity index (χ4n) is 0.283. The highest BCUT2D eigenvalue weighted by Crippen LogP contribution is 2.52. The van der Waals surface area contributed by atoms with Crippen LogP contribution in [0.4, 0.5) is 0 Å². The molecule has 0 rings (SSSR count). The van der Waals surface area contributed by atoms with Crippen molar-refractivity contribution >= 4 is 42.7 Å². The Labute approximate surface area is 83.8 Å². The molecule has 0 saturated carbocycles. The van der Waals surface area contributed by atoms with E-state index in [1.807, 2.05) is 0 Å². The minimum absolute atomic E-state index is 0.101. The second kappa shape index (κ2) is 6.59. The molecule has 0 radical (unpaired) electrons. The van der Waals surface area contributed by atoms with Gasteiger partial charge in [0.25, 0.3) is 0 Å². The summed E-state index contributed by atoms with van der Waals surface area (Å²) in [5.74, 6) is 0. The SMILES string of the molecule is COCCOP(=O)(OCl)OI. The molecule has 0 aliphatic carbocycles. The van der Waals surface area contributed by atoms with E-state index < -0.39 is 7.82 Å². The third-order valence-electron chi connectivity index (χ3n) is 0.706. The van der Waals surface area contributed by atoms with Crippen molar-refractivity contribution in [2.45, 2.75) is 0 Å². The molecule has 0 N–H and O–H groups in total. The summed E-state index contributed by atoms with van der Waals surface area (Å²) < 4.78 is 28.5. The number of rotatable bonds is 6. The zero-order chi connectivity index (χ0) is 8.74. The maximum atomic E-state index is 11.0. The molecule has 0 heterocycles. The predicted molar refractivity (Wildman–Crippen MR) is 47.5 cm³/mol. The van der Waals surface area contributed by atoms with E-state index in [2.05, 4.69) is 16.2 Å². The zero-order valence-electron chi connectivity index (χ0n) is 5.66. The molecule has 0 amide bonds. The molecular weight excluding hydrogens is 309 g/mol. The highest BCUT2D eigenvalue weighted by atomic mass is 127. The molecule has 0 aromatic carbocycles. The van der Waals surface area contributed by atoms with Crippen LogP contribution in [0, 0.1) is 0 Å². The van der Waals surface area contributed by atoms with Crippen LogP contribution in [0.25, 0.3) is 0 Å². The van der Waals surface area contributed by atoms with Crippen molar-refractivity contribution in [3.05, 3.63) is 0 Å². The van der Waals surface area contributed by atoms with Gasteiger partial charge in [0.2, 0.25) is 0 Å². The Morgan fingerprint density at radius 2 is 2.18 bits per heavy atom. The quantitative estimate of drug-likeness (QED) is 0.427. The molecule has 8 heteroatoms. The Morgan fingerprint density at radius 3 is 2.55 bits per heavy atom. The average Bonchev–Trinajstić information content (AvgIpc) is 2.05. The van der Waals surface area contributed by atoms with Gasteiger partial charge in [0.05, 0.1) is 25.1 Å². The first kappa shape index (κ1) is 12.1. The summed E-state index contributed by atoms with van der Waals surface area (Å²) in [6, 6.07) is 0. The van der Waals surface area contributed by atoms with E-state index in [4.69, 9.17) is 11.9 Å². The van der Waals surface area contributed by atoms with Crippen molar-refractivity contribution < 1.29 is 20.8 Å². The minimum Gasteiger partial charge on any atom is -0.382 e. The molecule has 0 aromatic rings. The minimum atomic E-state index is -3.54. The number of phosphoric acid groups is 1. The van der Waals surface area contributed by atoms with Crippen LogP contribution in [0.2, 0.25) is 0 Å². The molecule has 0 aromatic heterocycles. The Bertz CT molecular complexity index is 136. The average molecular weight is 316 g/mol. The maximum absolute atomic E-state index is 11.0. The van der Waals surface area contributed by atoms with Crippen molar-refractivity contribution in [1.29, 1.82) is 0 Å². The van der Waals surface area contributed by atoms with Crippen LogP contribution >= 0.6 is 42.7 Å². The number of halogens is 2. The highest BCUT2D eigenvalue weighted by Gasteiger charge is 2.25. The fourth-order valence-corrected chi connectivity index (χ4v) is 1.75. The first-order valence-electron chi connectivity index (χ1n) is 2.52. The van der Waals surface area contributed by atoms with E-state index in [-0.39, 0.29) is 6.61 Å². The molecule has 68 valence electrons. The number of ether oxygens (including phenoxy) is 1. The van der Waals surface area contributed by atoms with Gasteiger partial charge in [-0.05, 0) is 0 Å². The van der Waals surface area contributed by atoms with Gasteiger partial charge < -0.3 is 4.74 Å². The topological polar surface area (TPSA) is 54.0 Å². The summed E-state index contributed by atoms with van der Waals surface area (Å²) >= 11 is 6.21. The zero-order valence-corrected chi connectivity index (χ0v) is 9.47. The van der Waals surface area contributed by atoms with E-state index in [1.165, 1.54) is 30.1 Å². The first-order chi connectivity index (χ1) is 5.18. The molecule has 0 spiro atoms. The molecular formula is C3H7ClIO5P. The second-order valence-electron chi connectivity index (χ2n) is 1.41. The van der Waals surface area contributed by atoms with E-state index in [9.17, 15) is 4.57 Å². The number of methoxy groups -OCH3 is 1. The Hall–Kier alpha value is 1.09. The summed E-state index contributed by atoms with van der Waals surface area (Å²) in [4.78, 5) is 0. The number of hydrogen-bond acceptors (Lipinski definition) is 5. The molecule has 0 fully saturated rings.